The van der Waals surface area contributed by atoms with Crippen molar-refractivity contribution in [3.8, 4) is 0 Å². The Hall–Kier alpha value is -1.86. The summed E-state index contributed by atoms with van der Waals surface area (Å²) in [6.07, 6.45) is 10.7. The van der Waals surface area contributed by atoms with E-state index in [4.69, 9.17) is 11.6 Å². The van der Waals surface area contributed by atoms with Crippen molar-refractivity contribution in [2.75, 3.05) is 36.1 Å². The Morgan fingerprint density at radius 3 is 2.31 bits per heavy atom. The van der Waals surface area contributed by atoms with Gasteiger partial charge in [0, 0.05) is 31.6 Å². The Kier molecular flexibility index (Phi) is 5.71. The molecule has 0 unspecified atom stereocenters. The van der Waals surface area contributed by atoms with Gasteiger partial charge < -0.3 is 10.2 Å². The average Bonchev–Trinajstić information content (AvgIpc) is 3.49. The standard InChI is InChI=1S/C21H27ClN4O2S/c1-29(27,28)19-4-2-18(3-5-19)23-11-10-21(8-9-21)16-6-12-26(13-7-16)20-24-14-17(22)15-25-20/h2-5,14-16,23H,6-13H2,1H3. The first-order valence-electron chi connectivity index (χ1n) is 10.1. The molecule has 6 nitrogen and oxygen atoms in total. The normalized spacial score (nSPS) is 19.2. The number of sulfone groups is 1. The smallest absolute Gasteiger partial charge is 0.225 e. The van der Waals surface area contributed by atoms with Gasteiger partial charge in [0.15, 0.2) is 9.84 Å². The lowest BCUT2D eigenvalue weighted by Crippen LogP contribution is -2.38. The highest BCUT2D eigenvalue weighted by atomic mass is 35.5. The van der Waals surface area contributed by atoms with Crippen molar-refractivity contribution in [1.29, 1.82) is 0 Å². The fourth-order valence-corrected chi connectivity index (χ4v) is 5.19. The molecule has 0 spiro atoms. The summed E-state index contributed by atoms with van der Waals surface area (Å²) >= 11 is 5.89. The molecule has 4 rings (SSSR count). The van der Waals surface area contributed by atoms with E-state index in [1.165, 1.54) is 31.9 Å². The summed E-state index contributed by atoms with van der Waals surface area (Å²) in [7, 11) is -3.14. The highest BCUT2D eigenvalue weighted by Gasteiger charge is 2.49. The molecule has 0 bridgehead atoms. The molecule has 2 fully saturated rings. The first-order chi connectivity index (χ1) is 13.9. The van der Waals surface area contributed by atoms with Crippen molar-refractivity contribution < 1.29 is 8.42 Å². The van der Waals surface area contributed by atoms with Crippen LogP contribution in [0.1, 0.15) is 32.1 Å². The van der Waals surface area contributed by atoms with E-state index in [0.29, 0.717) is 15.3 Å². The molecule has 1 saturated carbocycles. The van der Waals surface area contributed by atoms with Crippen molar-refractivity contribution in [3.63, 3.8) is 0 Å². The Bertz CT molecular complexity index is 936. The number of aromatic nitrogens is 2. The van der Waals surface area contributed by atoms with Crippen LogP contribution in [0.3, 0.4) is 0 Å². The van der Waals surface area contributed by atoms with Crippen LogP contribution >= 0.6 is 11.6 Å². The minimum Gasteiger partial charge on any atom is -0.385 e. The molecule has 1 N–H and O–H groups in total. The number of hydrogen-bond acceptors (Lipinski definition) is 6. The minimum atomic E-state index is -3.14. The second kappa shape index (κ2) is 8.11. The van der Waals surface area contributed by atoms with Crippen LogP contribution in [0.2, 0.25) is 5.02 Å². The van der Waals surface area contributed by atoms with Gasteiger partial charge in [-0.3, -0.25) is 0 Å². The molecule has 156 valence electrons. The maximum Gasteiger partial charge on any atom is 0.225 e. The number of piperidine rings is 1. The largest absolute Gasteiger partial charge is 0.385 e. The minimum absolute atomic E-state index is 0.359. The number of nitrogens with one attached hydrogen (secondary N) is 1. The summed E-state index contributed by atoms with van der Waals surface area (Å²) in [6, 6.07) is 7.03. The van der Waals surface area contributed by atoms with Crippen LogP contribution in [0, 0.1) is 11.3 Å². The molecule has 29 heavy (non-hydrogen) atoms. The topological polar surface area (TPSA) is 75.2 Å². The van der Waals surface area contributed by atoms with Crippen molar-refractivity contribution in [2.45, 2.75) is 37.0 Å². The summed E-state index contributed by atoms with van der Waals surface area (Å²) in [5.41, 5.74) is 1.44. The van der Waals surface area contributed by atoms with Crippen molar-refractivity contribution >= 4 is 33.1 Å². The van der Waals surface area contributed by atoms with Crippen LogP contribution in [-0.2, 0) is 9.84 Å². The zero-order valence-electron chi connectivity index (χ0n) is 16.6. The van der Waals surface area contributed by atoms with Gasteiger partial charge in [-0.2, -0.15) is 0 Å². The van der Waals surface area contributed by atoms with E-state index in [0.717, 1.165) is 43.6 Å². The van der Waals surface area contributed by atoms with E-state index in [9.17, 15) is 8.42 Å². The molecule has 1 aromatic carbocycles. The summed E-state index contributed by atoms with van der Waals surface area (Å²) < 4.78 is 23.1. The summed E-state index contributed by atoms with van der Waals surface area (Å²) in [5.74, 6) is 1.53. The van der Waals surface area contributed by atoms with Gasteiger partial charge in [-0.05, 0) is 67.7 Å². The van der Waals surface area contributed by atoms with Crippen molar-refractivity contribution in [1.82, 2.24) is 9.97 Å². The fourth-order valence-electron chi connectivity index (χ4n) is 4.46. The zero-order valence-corrected chi connectivity index (χ0v) is 18.2. The van der Waals surface area contributed by atoms with Crippen molar-refractivity contribution in [3.05, 3.63) is 41.7 Å². The van der Waals surface area contributed by atoms with Gasteiger partial charge in [-0.25, -0.2) is 18.4 Å². The molecule has 2 heterocycles. The van der Waals surface area contributed by atoms with E-state index in [2.05, 4.69) is 20.2 Å². The lowest BCUT2D eigenvalue weighted by Gasteiger charge is -2.36. The Morgan fingerprint density at radius 1 is 1.14 bits per heavy atom. The van der Waals surface area contributed by atoms with Crippen LogP contribution in [0.4, 0.5) is 11.6 Å². The van der Waals surface area contributed by atoms with Gasteiger partial charge in [-0.15, -0.1) is 0 Å². The molecule has 0 radical (unpaired) electrons. The van der Waals surface area contributed by atoms with E-state index in [1.54, 1.807) is 24.5 Å². The summed E-state index contributed by atoms with van der Waals surface area (Å²) in [6.45, 7) is 2.90. The van der Waals surface area contributed by atoms with Crippen LogP contribution < -0.4 is 10.2 Å². The molecule has 8 heteroatoms. The molecule has 2 aliphatic rings. The predicted octanol–water partition coefficient (Wildman–Crippen LogP) is 4.03. The lowest BCUT2D eigenvalue weighted by atomic mass is 9.79. The highest BCUT2D eigenvalue weighted by molar-refractivity contribution is 7.90. The molecule has 2 aromatic rings. The highest BCUT2D eigenvalue weighted by Crippen LogP contribution is 2.57. The third-order valence-electron chi connectivity index (χ3n) is 6.38. The molecular formula is C21H27ClN4O2S. The third kappa shape index (κ3) is 4.83. The van der Waals surface area contributed by atoms with E-state index in [1.807, 2.05) is 12.1 Å². The number of rotatable bonds is 7. The Morgan fingerprint density at radius 2 is 1.76 bits per heavy atom. The average molecular weight is 435 g/mol. The van der Waals surface area contributed by atoms with Gasteiger partial charge in [0.25, 0.3) is 0 Å². The van der Waals surface area contributed by atoms with Gasteiger partial charge in [-0.1, -0.05) is 11.6 Å². The third-order valence-corrected chi connectivity index (χ3v) is 7.70. The first kappa shape index (κ1) is 20.4. The van der Waals surface area contributed by atoms with E-state index in [-0.39, 0.29) is 0 Å². The van der Waals surface area contributed by atoms with Crippen molar-refractivity contribution in [2.24, 2.45) is 11.3 Å². The van der Waals surface area contributed by atoms with Crippen LogP contribution in [0.5, 0.6) is 0 Å². The fraction of sp³-hybridized carbons (Fsp3) is 0.524. The Balaban J connectivity index is 1.26. The quantitative estimate of drug-likeness (QED) is 0.709. The van der Waals surface area contributed by atoms with Gasteiger partial charge in [0.1, 0.15) is 0 Å². The molecule has 1 saturated heterocycles. The summed E-state index contributed by atoms with van der Waals surface area (Å²) in [4.78, 5) is 11.3. The van der Waals surface area contributed by atoms with Gasteiger partial charge >= 0.3 is 0 Å². The second-order valence-electron chi connectivity index (χ2n) is 8.30. The van der Waals surface area contributed by atoms with Crippen LogP contribution in [-0.4, -0.2) is 44.3 Å². The first-order valence-corrected chi connectivity index (χ1v) is 12.4. The molecule has 1 aliphatic heterocycles. The maximum absolute atomic E-state index is 11.6. The zero-order chi connectivity index (χ0) is 20.5. The molecule has 0 amide bonds. The van der Waals surface area contributed by atoms with Gasteiger partial charge in [0.2, 0.25) is 5.95 Å². The van der Waals surface area contributed by atoms with Crippen LogP contribution in [0.15, 0.2) is 41.6 Å². The van der Waals surface area contributed by atoms with E-state index >= 15 is 0 Å². The number of halogens is 1. The molecule has 1 aliphatic carbocycles. The maximum atomic E-state index is 11.6. The molecule has 0 atom stereocenters. The number of benzene rings is 1. The number of anilines is 2. The SMILES string of the molecule is CS(=O)(=O)c1ccc(NCCC2(C3CCN(c4ncc(Cl)cn4)CC3)CC2)cc1. The molecular weight excluding hydrogens is 408 g/mol. The number of nitrogens with zero attached hydrogens (tertiary/aromatic N) is 3. The number of hydrogen-bond donors (Lipinski definition) is 1. The predicted molar refractivity (Wildman–Crippen MR) is 116 cm³/mol. The monoisotopic (exact) mass is 434 g/mol. The van der Waals surface area contributed by atoms with E-state index < -0.39 is 9.84 Å². The van der Waals surface area contributed by atoms with Gasteiger partial charge in [0.05, 0.1) is 22.3 Å². The Labute approximate surface area is 177 Å². The molecule has 1 aromatic heterocycles. The van der Waals surface area contributed by atoms with Crippen LogP contribution in [0.25, 0.3) is 0 Å². The lowest BCUT2D eigenvalue weighted by molar-refractivity contribution is 0.241. The second-order valence-corrected chi connectivity index (χ2v) is 10.8. The summed E-state index contributed by atoms with van der Waals surface area (Å²) in [5, 5.41) is 4.03.